The molecule has 0 aliphatic heterocycles. The standard InChI is InChI=1S/C11H13ClO3/c1-6-5-8(3-4-9(13)14)7(2)11(15)10(6)12/h5,15H,3-4H2,1-2H3,(H,13,14). The van der Waals surface area contributed by atoms with Crippen LogP contribution in [0.15, 0.2) is 6.07 Å². The van der Waals surface area contributed by atoms with Crippen molar-refractivity contribution in [2.75, 3.05) is 0 Å². The molecule has 0 aliphatic rings. The molecule has 0 bridgehead atoms. The number of aryl methyl sites for hydroxylation is 2. The fourth-order valence-corrected chi connectivity index (χ4v) is 1.63. The SMILES string of the molecule is Cc1cc(CCC(=O)O)c(C)c(O)c1Cl. The van der Waals surface area contributed by atoms with Crippen molar-refractivity contribution in [2.24, 2.45) is 0 Å². The lowest BCUT2D eigenvalue weighted by atomic mass is 10.0. The van der Waals surface area contributed by atoms with E-state index in [-0.39, 0.29) is 12.2 Å². The Morgan fingerprint density at radius 1 is 1.47 bits per heavy atom. The molecule has 0 unspecified atom stereocenters. The number of carbonyl (C=O) groups is 1. The van der Waals surface area contributed by atoms with Crippen molar-refractivity contribution in [3.63, 3.8) is 0 Å². The van der Waals surface area contributed by atoms with E-state index in [1.54, 1.807) is 13.8 Å². The third-order valence-electron chi connectivity index (χ3n) is 2.39. The van der Waals surface area contributed by atoms with Crippen molar-refractivity contribution in [2.45, 2.75) is 26.7 Å². The zero-order valence-corrected chi connectivity index (χ0v) is 9.43. The molecule has 2 N–H and O–H groups in total. The molecule has 4 heteroatoms. The van der Waals surface area contributed by atoms with Gasteiger partial charge in [-0.2, -0.15) is 0 Å². The Kier molecular flexibility index (Phi) is 3.58. The van der Waals surface area contributed by atoms with E-state index >= 15 is 0 Å². The summed E-state index contributed by atoms with van der Waals surface area (Å²) in [5.74, 6) is -0.793. The predicted octanol–water partition coefficient (Wildman–Crippen LogP) is 2.68. The van der Waals surface area contributed by atoms with E-state index in [4.69, 9.17) is 16.7 Å². The monoisotopic (exact) mass is 228 g/mol. The molecule has 0 aliphatic carbocycles. The second-order valence-corrected chi connectivity index (χ2v) is 3.91. The predicted molar refractivity (Wildman–Crippen MR) is 58.5 cm³/mol. The molecule has 1 aromatic carbocycles. The maximum absolute atomic E-state index is 10.4. The minimum absolute atomic E-state index is 0.0528. The summed E-state index contributed by atoms with van der Waals surface area (Å²) < 4.78 is 0. The maximum atomic E-state index is 10.4. The molecule has 0 radical (unpaired) electrons. The lowest BCUT2D eigenvalue weighted by Gasteiger charge is -2.10. The molecule has 1 aromatic rings. The van der Waals surface area contributed by atoms with Gasteiger partial charge in [0.05, 0.1) is 5.02 Å². The summed E-state index contributed by atoms with van der Waals surface area (Å²) in [6.45, 7) is 3.52. The normalized spacial score (nSPS) is 10.3. The molecule has 0 saturated heterocycles. The van der Waals surface area contributed by atoms with Gasteiger partial charge in [-0.15, -0.1) is 0 Å². The zero-order chi connectivity index (χ0) is 11.6. The Balaban J connectivity index is 3.04. The highest BCUT2D eigenvalue weighted by Crippen LogP contribution is 2.33. The van der Waals surface area contributed by atoms with Gasteiger partial charge in [0.25, 0.3) is 0 Å². The first-order valence-corrected chi connectivity index (χ1v) is 5.00. The van der Waals surface area contributed by atoms with Gasteiger partial charge in [0.1, 0.15) is 5.75 Å². The highest BCUT2D eigenvalue weighted by Gasteiger charge is 2.11. The van der Waals surface area contributed by atoms with Crippen LogP contribution in [-0.4, -0.2) is 16.2 Å². The molecule has 0 amide bonds. The van der Waals surface area contributed by atoms with Crippen LogP contribution in [0.25, 0.3) is 0 Å². The smallest absolute Gasteiger partial charge is 0.303 e. The molecule has 82 valence electrons. The average molecular weight is 229 g/mol. The average Bonchev–Trinajstić information content (AvgIpc) is 2.18. The summed E-state index contributed by atoms with van der Waals surface area (Å²) in [6.07, 6.45) is 0.466. The summed E-state index contributed by atoms with van der Waals surface area (Å²) in [5, 5.41) is 18.6. The fraction of sp³-hybridized carbons (Fsp3) is 0.364. The molecule has 0 spiro atoms. The first kappa shape index (κ1) is 11.9. The Bertz CT molecular complexity index is 399. The van der Waals surface area contributed by atoms with Crippen molar-refractivity contribution in [1.29, 1.82) is 0 Å². The number of hydrogen-bond acceptors (Lipinski definition) is 2. The van der Waals surface area contributed by atoms with Crippen LogP contribution in [0.1, 0.15) is 23.1 Å². The highest BCUT2D eigenvalue weighted by atomic mass is 35.5. The Hall–Kier alpha value is -1.22. The number of halogens is 1. The van der Waals surface area contributed by atoms with Crippen molar-refractivity contribution < 1.29 is 15.0 Å². The van der Waals surface area contributed by atoms with Gasteiger partial charge in [0.15, 0.2) is 0 Å². The summed E-state index contributed by atoms with van der Waals surface area (Å²) in [6, 6.07) is 1.82. The van der Waals surface area contributed by atoms with Gasteiger partial charge in [-0.25, -0.2) is 0 Å². The first-order valence-electron chi connectivity index (χ1n) is 4.62. The quantitative estimate of drug-likeness (QED) is 0.836. The van der Waals surface area contributed by atoms with E-state index < -0.39 is 5.97 Å². The van der Waals surface area contributed by atoms with Gasteiger partial charge in [0, 0.05) is 6.42 Å². The number of benzene rings is 1. The zero-order valence-electron chi connectivity index (χ0n) is 8.67. The number of rotatable bonds is 3. The van der Waals surface area contributed by atoms with E-state index in [2.05, 4.69) is 0 Å². The Morgan fingerprint density at radius 3 is 2.60 bits per heavy atom. The first-order chi connectivity index (χ1) is 6.93. The van der Waals surface area contributed by atoms with Crippen molar-refractivity contribution in [1.82, 2.24) is 0 Å². The Morgan fingerprint density at radius 2 is 2.07 bits per heavy atom. The fourth-order valence-electron chi connectivity index (χ4n) is 1.44. The third-order valence-corrected chi connectivity index (χ3v) is 2.87. The molecular weight excluding hydrogens is 216 g/mol. The third kappa shape index (κ3) is 2.63. The number of carboxylic acid groups (broad SMARTS) is 1. The van der Waals surface area contributed by atoms with E-state index in [9.17, 15) is 9.90 Å². The topological polar surface area (TPSA) is 57.5 Å². The van der Waals surface area contributed by atoms with Gasteiger partial charge in [-0.05, 0) is 37.0 Å². The van der Waals surface area contributed by atoms with Crippen LogP contribution in [0.4, 0.5) is 0 Å². The van der Waals surface area contributed by atoms with Gasteiger partial charge >= 0.3 is 5.97 Å². The maximum Gasteiger partial charge on any atom is 0.303 e. The second kappa shape index (κ2) is 4.53. The lowest BCUT2D eigenvalue weighted by Crippen LogP contribution is -2.00. The lowest BCUT2D eigenvalue weighted by molar-refractivity contribution is -0.136. The number of aromatic hydroxyl groups is 1. The highest BCUT2D eigenvalue weighted by molar-refractivity contribution is 6.32. The van der Waals surface area contributed by atoms with Gasteiger partial charge in [-0.1, -0.05) is 17.7 Å². The van der Waals surface area contributed by atoms with Crippen LogP contribution < -0.4 is 0 Å². The molecule has 0 saturated carbocycles. The molecule has 0 heterocycles. The number of carboxylic acids is 1. The van der Waals surface area contributed by atoms with Crippen molar-refractivity contribution in [3.05, 3.63) is 27.8 Å². The van der Waals surface area contributed by atoms with Crippen molar-refractivity contribution in [3.8, 4) is 5.75 Å². The van der Waals surface area contributed by atoms with Gasteiger partial charge in [-0.3, -0.25) is 4.79 Å². The van der Waals surface area contributed by atoms with Crippen LogP contribution in [-0.2, 0) is 11.2 Å². The molecular formula is C11H13ClO3. The number of aliphatic carboxylic acids is 1. The minimum Gasteiger partial charge on any atom is -0.506 e. The summed E-state index contributed by atoms with van der Waals surface area (Å²) in [5.41, 5.74) is 2.25. The molecule has 0 aromatic heterocycles. The van der Waals surface area contributed by atoms with Gasteiger partial charge in [0.2, 0.25) is 0 Å². The molecule has 0 atom stereocenters. The van der Waals surface area contributed by atoms with Crippen LogP contribution in [0.5, 0.6) is 5.75 Å². The second-order valence-electron chi connectivity index (χ2n) is 3.53. The molecule has 3 nitrogen and oxygen atoms in total. The van der Waals surface area contributed by atoms with E-state index in [0.29, 0.717) is 17.0 Å². The van der Waals surface area contributed by atoms with Crippen LogP contribution >= 0.6 is 11.6 Å². The number of phenolic OH excluding ortho intramolecular Hbond substituents is 1. The van der Waals surface area contributed by atoms with E-state index in [1.165, 1.54) is 0 Å². The molecule has 15 heavy (non-hydrogen) atoms. The number of phenols is 1. The van der Waals surface area contributed by atoms with Crippen LogP contribution in [0.2, 0.25) is 5.02 Å². The largest absolute Gasteiger partial charge is 0.506 e. The summed E-state index contributed by atoms with van der Waals surface area (Å²) >= 11 is 5.85. The van der Waals surface area contributed by atoms with Crippen LogP contribution in [0.3, 0.4) is 0 Å². The summed E-state index contributed by atoms with van der Waals surface area (Å²) in [7, 11) is 0. The number of hydrogen-bond donors (Lipinski definition) is 2. The molecule has 1 rings (SSSR count). The van der Waals surface area contributed by atoms with Crippen molar-refractivity contribution >= 4 is 17.6 Å². The van der Waals surface area contributed by atoms with E-state index in [0.717, 1.165) is 11.1 Å². The van der Waals surface area contributed by atoms with Gasteiger partial charge < -0.3 is 10.2 Å². The minimum atomic E-state index is -0.846. The molecule has 0 fully saturated rings. The van der Waals surface area contributed by atoms with E-state index in [1.807, 2.05) is 6.07 Å². The Labute approximate surface area is 93.3 Å². The summed E-state index contributed by atoms with van der Waals surface area (Å²) in [4.78, 5) is 10.4. The van der Waals surface area contributed by atoms with Crippen LogP contribution in [0, 0.1) is 13.8 Å².